The summed E-state index contributed by atoms with van der Waals surface area (Å²) in [5, 5.41) is 15.1. The Hall–Kier alpha value is -1.67. The van der Waals surface area contributed by atoms with Crippen LogP contribution in [-0.4, -0.2) is 65.0 Å². The van der Waals surface area contributed by atoms with E-state index in [2.05, 4.69) is 16.3 Å². The van der Waals surface area contributed by atoms with E-state index in [0.717, 1.165) is 42.8 Å². The van der Waals surface area contributed by atoms with Crippen molar-refractivity contribution in [1.29, 1.82) is 0 Å². The zero-order valence-electron chi connectivity index (χ0n) is 15.6. The number of aliphatic hydroxyl groups is 1. The van der Waals surface area contributed by atoms with Crippen LogP contribution in [0.3, 0.4) is 0 Å². The minimum atomic E-state index is -1.11. The van der Waals surface area contributed by atoms with Gasteiger partial charge in [-0.15, -0.1) is 0 Å². The minimum absolute atomic E-state index is 0.0789. The monoisotopic (exact) mass is 381 g/mol. The average Bonchev–Trinajstić information content (AvgIpc) is 3.18. The molecule has 3 spiro atoms. The highest BCUT2D eigenvalue weighted by Gasteiger charge is 2.98. The fourth-order valence-electron chi connectivity index (χ4n) is 9.43. The molecule has 7 heteroatoms. The second-order valence-corrected chi connectivity index (χ2v) is 9.96. The van der Waals surface area contributed by atoms with Gasteiger partial charge in [-0.3, -0.25) is 9.69 Å². The Bertz CT molecular complexity index is 1020. The first kappa shape index (κ1) is 15.2. The van der Waals surface area contributed by atoms with Gasteiger partial charge in [-0.25, -0.2) is 0 Å². The molecule has 10 unspecified atom stereocenters. The zero-order chi connectivity index (χ0) is 18.8. The van der Waals surface area contributed by atoms with E-state index in [9.17, 15) is 9.90 Å². The summed E-state index contributed by atoms with van der Waals surface area (Å²) in [5.74, 6) is 0.651. The van der Waals surface area contributed by atoms with Crippen LogP contribution in [0.25, 0.3) is 0 Å². The third-order valence-electron chi connectivity index (χ3n) is 9.90. The molecular formula is C21H23N3O4. The van der Waals surface area contributed by atoms with Crippen LogP contribution < -0.4 is 15.8 Å². The minimum Gasteiger partial charge on any atom is -0.495 e. The number of piperidine rings is 1. The van der Waals surface area contributed by atoms with Gasteiger partial charge in [0.25, 0.3) is 0 Å². The van der Waals surface area contributed by atoms with Crippen LogP contribution >= 0.6 is 0 Å². The van der Waals surface area contributed by atoms with Crippen LogP contribution in [0.15, 0.2) is 18.2 Å². The first-order valence-electron chi connectivity index (χ1n) is 10.4. The third kappa shape index (κ3) is 0.962. The van der Waals surface area contributed by atoms with E-state index in [0.29, 0.717) is 0 Å². The summed E-state index contributed by atoms with van der Waals surface area (Å²) in [7, 11) is 1.68. The number of aliphatic hydroxyl groups excluding tert-OH is 1. The first-order valence-corrected chi connectivity index (χ1v) is 10.4. The van der Waals surface area contributed by atoms with E-state index in [-0.39, 0.29) is 24.0 Å². The van der Waals surface area contributed by atoms with Gasteiger partial charge in [-0.2, -0.15) is 0 Å². The number of fused-ring (bicyclic) bond motifs is 2. The van der Waals surface area contributed by atoms with Crippen molar-refractivity contribution in [2.45, 2.75) is 60.2 Å². The molecule has 9 bridgehead atoms. The molecule has 7 nitrogen and oxygen atoms in total. The van der Waals surface area contributed by atoms with Gasteiger partial charge in [-0.05, 0) is 30.9 Å². The smallest absolute Gasteiger partial charge is 0.165 e. The molecule has 10 rings (SSSR count). The van der Waals surface area contributed by atoms with Gasteiger partial charge in [0.1, 0.15) is 17.5 Å². The van der Waals surface area contributed by atoms with Crippen molar-refractivity contribution in [3.63, 3.8) is 0 Å². The number of carbonyl (C=O) groups excluding carboxylic acids is 1. The first-order chi connectivity index (χ1) is 13.5. The van der Waals surface area contributed by atoms with E-state index < -0.39 is 34.1 Å². The molecule has 1 aromatic rings. The number of anilines is 1. The molecule has 4 aliphatic carbocycles. The number of hydrogen-bond donors (Lipinski definition) is 3. The summed E-state index contributed by atoms with van der Waals surface area (Å²) < 4.78 is 12.3. The number of ether oxygens (including phenoxy) is 2. The Labute approximate surface area is 162 Å². The maximum atomic E-state index is 13.9. The zero-order valence-corrected chi connectivity index (χ0v) is 15.6. The number of methoxy groups -OCH3 is 1. The van der Waals surface area contributed by atoms with Gasteiger partial charge in [0.15, 0.2) is 5.78 Å². The van der Waals surface area contributed by atoms with Crippen molar-refractivity contribution in [3.8, 4) is 5.75 Å². The lowest BCUT2D eigenvalue weighted by Crippen LogP contribution is -2.92. The molecule has 0 aromatic heterocycles. The number of rotatable bonds is 1. The Morgan fingerprint density at radius 3 is 3.07 bits per heavy atom. The number of ketones is 1. The van der Waals surface area contributed by atoms with Crippen molar-refractivity contribution in [3.05, 3.63) is 23.8 Å². The van der Waals surface area contributed by atoms with Crippen molar-refractivity contribution >= 4 is 11.5 Å². The maximum Gasteiger partial charge on any atom is 0.165 e. The van der Waals surface area contributed by atoms with Crippen molar-refractivity contribution in [1.82, 2.24) is 4.90 Å². The number of carbonyl (C=O) groups is 1. The molecule has 5 heterocycles. The number of benzene rings is 1. The number of hydrogen-bond acceptors (Lipinski definition) is 7. The summed E-state index contributed by atoms with van der Waals surface area (Å²) in [6.45, 7) is 0.767. The molecule has 0 radical (unpaired) electrons. The molecule has 4 N–H and O–H groups in total. The highest BCUT2D eigenvalue weighted by molar-refractivity contribution is 6.05. The summed E-state index contributed by atoms with van der Waals surface area (Å²) >= 11 is 0. The van der Waals surface area contributed by atoms with Crippen LogP contribution in [0.5, 0.6) is 5.75 Å². The summed E-state index contributed by atoms with van der Waals surface area (Å²) in [6.07, 6.45) is 1.19. The second kappa shape index (κ2) is 3.86. The van der Waals surface area contributed by atoms with Gasteiger partial charge >= 0.3 is 0 Å². The summed E-state index contributed by atoms with van der Waals surface area (Å²) in [4.78, 5) is 16.3. The maximum absolute atomic E-state index is 13.9. The highest BCUT2D eigenvalue weighted by atomic mass is 16.5. The van der Waals surface area contributed by atoms with E-state index in [1.54, 1.807) is 7.11 Å². The molecule has 5 aliphatic heterocycles. The highest BCUT2D eigenvalue weighted by Crippen LogP contribution is 2.84. The fourth-order valence-corrected chi connectivity index (χ4v) is 9.43. The Morgan fingerprint density at radius 2 is 2.25 bits per heavy atom. The van der Waals surface area contributed by atoms with E-state index >= 15 is 0 Å². The topological polar surface area (TPSA) is 97.0 Å². The van der Waals surface area contributed by atoms with E-state index in [4.69, 9.17) is 15.2 Å². The molecular weight excluding hydrogens is 358 g/mol. The Kier molecular flexibility index (Phi) is 2.10. The lowest BCUT2D eigenvalue weighted by Gasteiger charge is -2.74. The predicted octanol–water partition coefficient (Wildman–Crippen LogP) is -0.0388. The lowest BCUT2D eigenvalue weighted by atomic mass is 9.38. The molecule has 28 heavy (non-hydrogen) atoms. The van der Waals surface area contributed by atoms with Gasteiger partial charge < -0.3 is 25.6 Å². The summed E-state index contributed by atoms with van der Waals surface area (Å²) in [5.41, 5.74) is 6.62. The van der Waals surface area contributed by atoms with Gasteiger partial charge in [0.2, 0.25) is 0 Å². The Balaban J connectivity index is 1.56. The van der Waals surface area contributed by atoms with Gasteiger partial charge in [0.05, 0.1) is 41.9 Å². The van der Waals surface area contributed by atoms with E-state index in [1.165, 1.54) is 0 Å². The molecule has 0 amide bonds. The van der Waals surface area contributed by atoms with Gasteiger partial charge in [0, 0.05) is 18.0 Å². The largest absolute Gasteiger partial charge is 0.495 e. The lowest BCUT2D eigenvalue weighted by molar-refractivity contribution is -0.318. The molecule has 1 aromatic carbocycles. The average molecular weight is 381 g/mol. The molecule has 146 valence electrons. The second-order valence-electron chi connectivity index (χ2n) is 9.96. The van der Waals surface area contributed by atoms with Crippen LogP contribution in [0.4, 0.5) is 5.69 Å². The number of nitrogens with one attached hydrogen (secondary N) is 1. The SMILES string of the molecule is COc1cccc2c1NC13CCC45C(O)CCN6C7OC4C1(N)C(=O)C7C23C65. The van der Waals surface area contributed by atoms with Crippen molar-refractivity contribution < 1.29 is 19.4 Å². The fraction of sp³-hybridized carbons (Fsp3) is 0.667. The number of nitrogens with zero attached hydrogens (tertiary/aromatic N) is 1. The summed E-state index contributed by atoms with van der Waals surface area (Å²) in [6, 6.07) is 6.20. The molecule has 8 fully saturated rings. The third-order valence-corrected chi connectivity index (χ3v) is 9.90. The molecule has 4 saturated heterocycles. The quantitative estimate of drug-likeness (QED) is 0.628. The van der Waals surface area contributed by atoms with Crippen molar-refractivity contribution in [2.24, 2.45) is 17.1 Å². The molecule has 9 aliphatic rings. The number of Topliss-reactive ketones (excluding diaryl/α,β-unsaturated/α-hetero) is 1. The van der Waals surface area contributed by atoms with Crippen LogP contribution in [0.1, 0.15) is 24.8 Å². The van der Waals surface area contributed by atoms with Crippen LogP contribution in [0, 0.1) is 11.3 Å². The Morgan fingerprint density at radius 1 is 1.39 bits per heavy atom. The normalized spacial score (nSPS) is 60.2. The van der Waals surface area contributed by atoms with E-state index in [1.807, 2.05) is 12.1 Å². The van der Waals surface area contributed by atoms with Crippen molar-refractivity contribution in [2.75, 3.05) is 19.0 Å². The molecule has 4 saturated carbocycles. The standard InChI is InChI=1S/C21H23N3O4/c1-27-10-4-2-3-9-13(10)23-19-7-6-18-11(25)5-8-24-15-12(20(9,19)16(18)24)14(26)21(19,22)17(18)28-15/h2-4,11-12,15-17,23,25H,5-8,22H2,1H3. The number of nitrogens with two attached hydrogens (primary N) is 1. The van der Waals surface area contributed by atoms with Gasteiger partial charge in [-0.1, -0.05) is 12.1 Å². The molecule has 10 atom stereocenters. The van der Waals surface area contributed by atoms with Crippen LogP contribution in [-0.2, 0) is 14.9 Å². The number of para-hydroxylation sites is 1. The van der Waals surface area contributed by atoms with Crippen LogP contribution in [0.2, 0.25) is 0 Å². The predicted molar refractivity (Wildman–Crippen MR) is 97.9 cm³/mol.